The summed E-state index contributed by atoms with van der Waals surface area (Å²) < 4.78 is 16.8. The van der Waals surface area contributed by atoms with Crippen LogP contribution in [0.15, 0.2) is 82.5 Å². The SMILES string of the molecule is CCOc1ccc(N2C(=O)C(O)=C(C(=O)c3cc4cc(Cl)ccc4o3)C2c2ccc(O)c(OCC)c2)cc1. The third kappa shape index (κ3) is 4.43. The number of amides is 1. The average Bonchev–Trinajstić information content (AvgIpc) is 3.44. The number of hydrogen-bond acceptors (Lipinski definition) is 7. The van der Waals surface area contributed by atoms with Gasteiger partial charge in [0.2, 0.25) is 5.78 Å². The minimum absolute atomic E-state index is 0.0565. The Morgan fingerprint density at radius 2 is 1.71 bits per heavy atom. The zero-order valence-electron chi connectivity index (χ0n) is 20.6. The molecule has 3 aromatic carbocycles. The topological polar surface area (TPSA) is 109 Å². The van der Waals surface area contributed by atoms with Crippen LogP contribution in [0.1, 0.15) is 36.0 Å². The third-order valence-corrected chi connectivity index (χ3v) is 6.42. The molecule has 194 valence electrons. The summed E-state index contributed by atoms with van der Waals surface area (Å²) in [6.07, 6.45) is 0. The van der Waals surface area contributed by atoms with Crippen molar-refractivity contribution in [2.24, 2.45) is 0 Å². The summed E-state index contributed by atoms with van der Waals surface area (Å²) in [7, 11) is 0. The average molecular weight is 534 g/mol. The van der Waals surface area contributed by atoms with Crippen LogP contribution in [-0.4, -0.2) is 35.1 Å². The number of halogens is 1. The summed E-state index contributed by atoms with van der Waals surface area (Å²) in [4.78, 5) is 28.6. The molecule has 0 spiro atoms. The van der Waals surface area contributed by atoms with E-state index in [-0.39, 0.29) is 29.4 Å². The molecule has 1 aromatic heterocycles. The molecule has 1 amide bonds. The lowest BCUT2D eigenvalue weighted by Crippen LogP contribution is -2.31. The molecule has 5 rings (SSSR count). The maximum atomic E-state index is 13.8. The molecule has 8 nitrogen and oxygen atoms in total. The maximum absolute atomic E-state index is 13.8. The molecule has 1 unspecified atom stereocenters. The van der Waals surface area contributed by atoms with Crippen molar-refractivity contribution in [2.45, 2.75) is 19.9 Å². The summed E-state index contributed by atoms with van der Waals surface area (Å²) >= 11 is 6.08. The van der Waals surface area contributed by atoms with Gasteiger partial charge in [0.1, 0.15) is 11.3 Å². The van der Waals surface area contributed by atoms with Gasteiger partial charge in [0.25, 0.3) is 5.91 Å². The molecule has 0 saturated carbocycles. The number of phenols is 1. The van der Waals surface area contributed by atoms with Crippen LogP contribution in [0, 0.1) is 0 Å². The van der Waals surface area contributed by atoms with E-state index in [1.165, 1.54) is 17.0 Å². The second-order valence-electron chi connectivity index (χ2n) is 8.55. The molecule has 0 bridgehead atoms. The van der Waals surface area contributed by atoms with Crippen LogP contribution >= 0.6 is 11.6 Å². The zero-order chi connectivity index (χ0) is 27.0. The highest BCUT2D eigenvalue weighted by molar-refractivity contribution is 6.31. The highest BCUT2D eigenvalue weighted by Crippen LogP contribution is 2.44. The minimum atomic E-state index is -1.04. The van der Waals surface area contributed by atoms with E-state index >= 15 is 0 Å². The van der Waals surface area contributed by atoms with E-state index in [4.69, 9.17) is 25.5 Å². The van der Waals surface area contributed by atoms with Gasteiger partial charge in [0.15, 0.2) is 23.0 Å². The lowest BCUT2D eigenvalue weighted by molar-refractivity contribution is -0.117. The fraction of sp³-hybridized carbons (Fsp3) is 0.172. The predicted molar refractivity (Wildman–Crippen MR) is 142 cm³/mol. The Kier molecular flexibility index (Phi) is 6.73. The molecule has 0 fully saturated rings. The van der Waals surface area contributed by atoms with Crippen LogP contribution in [-0.2, 0) is 4.79 Å². The van der Waals surface area contributed by atoms with Crippen LogP contribution in [0.5, 0.6) is 17.2 Å². The van der Waals surface area contributed by atoms with Gasteiger partial charge >= 0.3 is 0 Å². The molecule has 4 aromatic rings. The van der Waals surface area contributed by atoms with Crippen LogP contribution < -0.4 is 14.4 Å². The van der Waals surface area contributed by atoms with E-state index in [0.29, 0.717) is 39.6 Å². The third-order valence-electron chi connectivity index (χ3n) is 6.18. The number of nitrogens with zero attached hydrogens (tertiary/aromatic N) is 1. The van der Waals surface area contributed by atoms with Crippen LogP contribution in [0.25, 0.3) is 11.0 Å². The molecule has 1 aliphatic heterocycles. The molecular weight excluding hydrogens is 510 g/mol. The van der Waals surface area contributed by atoms with Gasteiger partial charge in [-0.05, 0) is 80.1 Å². The Bertz CT molecular complexity index is 1570. The van der Waals surface area contributed by atoms with E-state index in [1.807, 2.05) is 6.92 Å². The molecule has 38 heavy (non-hydrogen) atoms. The number of fused-ring (bicyclic) bond motifs is 1. The van der Waals surface area contributed by atoms with E-state index in [1.54, 1.807) is 61.5 Å². The minimum Gasteiger partial charge on any atom is -0.504 e. The number of rotatable bonds is 8. The Morgan fingerprint density at radius 3 is 2.42 bits per heavy atom. The van der Waals surface area contributed by atoms with E-state index in [9.17, 15) is 19.8 Å². The number of ketones is 1. The Hall–Kier alpha value is -4.43. The lowest BCUT2D eigenvalue weighted by atomic mass is 9.94. The van der Waals surface area contributed by atoms with Crippen molar-refractivity contribution in [3.05, 3.63) is 94.4 Å². The van der Waals surface area contributed by atoms with Gasteiger partial charge in [-0.1, -0.05) is 17.7 Å². The summed E-state index contributed by atoms with van der Waals surface area (Å²) in [6.45, 7) is 4.40. The standard InChI is InChI=1S/C29H24ClNO7/c1-3-36-20-9-7-19(8-10-20)31-26(16-5-11-21(32)23(14-16)37-4-2)25(28(34)29(31)35)27(33)24-15-17-13-18(30)6-12-22(17)38-24/h5-15,26,32,34H,3-4H2,1-2H3. The molecule has 0 radical (unpaired) electrons. The van der Waals surface area contributed by atoms with E-state index < -0.39 is 23.5 Å². The Labute approximate surface area is 223 Å². The van der Waals surface area contributed by atoms with E-state index in [2.05, 4.69) is 0 Å². The fourth-order valence-corrected chi connectivity index (χ4v) is 4.70. The van der Waals surface area contributed by atoms with Gasteiger partial charge in [-0.15, -0.1) is 0 Å². The highest BCUT2D eigenvalue weighted by atomic mass is 35.5. The largest absolute Gasteiger partial charge is 0.504 e. The van der Waals surface area contributed by atoms with Crippen molar-refractivity contribution in [3.8, 4) is 17.2 Å². The molecular formula is C29H24ClNO7. The molecule has 9 heteroatoms. The van der Waals surface area contributed by atoms with Crippen LogP contribution in [0.2, 0.25) is 5.02 Å². The summed E-state index contributed by atoms with van der Waals surface area (Å²) in [5, 5.41) is 22.4. The van der Waals surface area contributed by atoms with Gasteiger partial charge in [0, 0.05) is 16.1 Å². The number of hydrogen-bond donors (Lipinski definition) is 2. The molecule has 2 N–H and O–H groups in total. The summed E-state index contributed by atoms with van der Waals surface area (Å²) in [6, 6.07) is 16.7. The molecule has 1 aliphatic rings. The van der Waals surface area contributed by atoms with Crippen LogP contribution in [0.3, 0.4) is 0 Å². The molecule has 2 heterocycles. The normalized spacial score (nSPS) is 15.4. The van der Waals surface area contributed by atoms with Crippen molar-refractivity contribution in [1.82, 2.24) is 0 Å². The summed E-state index contributed by atoms with van der Waals surface area (Å²) in [5.74, 6) is -1.47. The number of Topliss-reactive ketones (excluding diaryl/α,β-unsaturated/α-hetero) is 1. The number of phenolic OH excluding ortho intramolecular Hbond substituents is 1. The first-order valence-electron chi connectivity index (χ1n) is 12.0. The van der Waals surface area contributed by atoms with Crippen molar-refractivity contribution >= 4 is 39.9 Å². The first-order valence-corrected chi connectivity index (χ1v) is 12.4. The number of carbonyl (C=O) groups excluding carboxylic acids is 2. The molecule has 0 aliphatic carbocycles. The monoisotopic (exact) mass is 533 g/mol. The quantitative estimate of drug-likeness (QED) is 0.253. The number of furan rings is 1. The highest BCUT2D eigenvalue weighted by Gasteiger charge is 2.45. The second kappa shape index (κ2) is 10.1. The first-order chi connectivity index (χ1) is 18.3. The van der Waals surface area contributed by atoms with Gasteiger partial charge in [-0.2, -0.15) is 0 Å². The number of aliphatic hydroxyl groups excluding tert-OH is 1. The van der Waals surface area contributed by atoms with Crippen molar-refractivity contribution in [2.75, 3.05) is 18.1 Å². The number of aliphatic hydroxyl groups is 1. The Balaban J connectivity index is 1.64. The zero-order valence-corrected chi connectivity index (χ0v) is 21.4. The predicted octanol–water partition coefficient (Wildman–Crippen LogP) is 6.37. The smallest absolute Gasteiger partial charge is 0.294 e. The maximum Gasteiger partial charge on any atom is 0.294 e. The first kappa shape index (κ1) is 25.2. The summed E-state index contributed by atoms with van der Waals surface area (Å²) in [5.41, 5.74) is 1.15. The molecule has 1 atom stereocenters. The number of anilines is 1. The van der Waals surface area contributed by atoms with Gasteiger partial charge < -0.3 is 24.1 Å². The van der Waals surface area contributed by atoms with Crippen molar-refractivity contribution in [1.29, 1.82) is 0 Å². The number of carbonyl (C=O) groups is 2. The fourth-order valence-electron chi connectivity index (χ4n) is 4.52. The van der Waals surface area contributed by atoms with Crippen molar-refractivity contribution in [3.63, 3.8) is 0 Å². The lowest BCUT2D eigenvalue weighted by Gasteiger charge is -2.27. The number of ether oxygens (including phenoxy) is 2. The number of benzene rings is 3. The Morgan fingerprint density at radius 1 is 0.974 bits per heavy atom. The second-order valence-corrected chi connectivity index (χ2v) is 8.99. The van der Waals surface area contributed by atoms with Gasteiger partial charge in [0.05, 0.1) is 24.8 Å². The van der Waals surface area contributed by atoms with Crippen molar-refractivity contribution < 1.29 is 33.7 Å². The van der Waals surface area contributed by atoms with Gasteiger partial charge in [-0.3, -0.25) is 14.5 Å². The molecule has 0 saturated heterocycles. The number of aromatic hydroxyl groups is 1. The van der Waals surface area contributed by atoms with Gasteiger partial charge in [-0.25, -0.2) is 0 Å². The van der Waals surface area contributed by atoms with E-state index in [0.717, 1.165) is 0 Å². The van der Waals surface area contributed by atoms with Crippen LogP contribution in [0.4, 0.5) is 5.69 Å².